The maximum absolute atomic E-state index is 12.8. The molecule has 32 heavy (non-hydrogen) atoms. The van der Waals surface area contributed by atoms with Gasteiger partial charge in [-0.05, 0) is 44.7 Å². The Labute approximate surface area is 190 Å². The van der Waals surface area contributed by atoms with Crippen LogP contribution in [0.15, 0.2) is 55.1 Å². The van der Waals surface area contributed by atoms with Crippen LogP contribution in [0.1, 0.15) is 40.2 Å². The maximum atomic E-state index is 12.8. The Balaban J connectivity index is 1.46. The fraction of sp³-hybridized carbons (Fsp3) is 0.440. The molecule has 0 bridgehead atoms. The molecular weight excluding hydrogens is 400 g/mol. The molecule has 7 heteroatoms. The summed E-state index contributed by atoms with van der Waals surface area (Å²) in [5, 5.41) is 4.51. The Morgan fingerprint density at radius 2 is 1.94 bits per heavy atom. The first-order chi connectivity index (χ1) is 15.5. The summed E-state index contributed by atoms with van der Waals surface area (Å²) in [6.07, 6.45) is 9.81. The van der Waals surface area contributed by atoms with Crippen LogP contribution >= 0.6 is 0 Å². The van der Waals surface area contributed by atoms with E-state index in [-0.39, 0.29) is 5.91 Å². The van der Waals surface area contributed by atoms with E-state index in [1.54, 1.807) is 18.6 Å². The number of hydrogen-bond donors (Lipinski definition) is 0. The van der Waals surface area contributed by atoms with Crippen LogP contribution in [0.2, 0.25) is 0 Å². The highest BCUT2D eigenvalue weighted by molar-refractivity contribution is 5.92. The van der Waals surface area contributed by atoms with Crippen LogP contribution in [0.5, 0.6) is 0 Å². The number of likely N-dealkylation sites (tertiary alicyclic amines) is 1. The van der Waals surface area contributed by atoms with Gasteiger partial charge in [-0.25, -0.2) is 4.98 Å². The number of likely N-dealkylation sites (N-methyl/N-ethyl adjacent to an activating group) is 1. The third-order valence-electron chi connectivity index (χ3n) is 6.54. The van der Waals surface area contributed by atoms with E-state index in [0.717, 1.165) is 44.6 Å². The van der Waals surface area contributed by atoms with Crippen LogP contribution in [0, 0.1) is 12.8 Å². The number of rotatable bonds is 7. The number of amides is 1. The number of aromatic nitrogens is 4. The molecule has 168 valence electrons. The summed E-state index contributed by atoms with van der Waals surface area (Å²) in [7, 11) is 4.19. The molecule has 7 nitrogen and oxygen atoms in total. The smallest absolute Gasteiger partial charge is 0.274 e. The van der Waals surface area contributed by atoms with E-state index >= 15 is 0 Å². The van der Waals surface area contributed by atoms with Crippen molar-refractivity contribution in [1.82, 2.24) is 29.5 Å². The number of benzene rings is 1. The van der Waals surface area contributed by atoms with E-state index in [4.69, 9.17) is 0 Å². The van der Waals surface area contributed by atoms with Gasteiger partial charge in [0.05, 0.1) is 11.9 Å². The number of nitrogens with zero attached hydrogens (tertiary/aromatic N) is 6. The van der Waals surface area contributed by atoms with E-state index in [9.17, 15) is 4.79 Å². The minimum Gasteiger partial charge on any atom is -0.337 e. The van der Waals surface area contributed by atoms with Crippen LogP contribution in [0.4, 0.5) is 0 Å². The zero-order valence-electron chi connectivity index (χ0n) is 19.2. The molecular formula is C25H32N6O. The van der Waals surface area contributed by atoms with Gasteiger partial charge >= 0.3 is 0 Å². The van der Waals surface area contributed by atoms with Gasteiger partial charge in [0.25, 0.3) is 5.91 Å². The average molecular weight is 433 g/mol. The summed E-state index contributed by atoms with van der Waals surface area (Å²) in [5.74, 6) is 0.499. The van der Waals surface area contributed by atoms with E-state index in [1.807, 2.05) is 16.6 Å². The van der Waals surface area contributed by atoms with Crippen molar-refractivity contribution in [2.24, 2.45) is 13.0 Å². The molecule has 0 aliphatic carbocycles. The molecule has 2 aromatic heterocycles. The van der Waals surface area contributed by atoms with Crippen molar-refractivity contribution in [3.05, 3.63) is 77.6 Å². The van der Waals surface area contributed by atoms with Crippen LogP contribution in [0.25, 0.3) is 0 Å². The first kappa shape index (κ1) is 22.1. The van der Waals surface area contributed by atoms with Crippen molar-refractivity contribution in [2.45, 2.75) is 38.8 Å². The highest BCUT2D eigenvalue weighted by Crippen LogP contribution is 2.28. The summed E-state index contributed by atoms with van der Waals surface area (Å²) in [6, 6.07) is 11.1. The normalized spacial score (nSPS) is 15.8. The molecule has 1 aromatic carbocycles. The van der Waals surface area contributed by atoms with Gasteiger partial charge in [0.15, 0.2) is 0 Å². The minimum absolute atomic E-state index is 0.0181. The SMILES string of the molecule is Cc1nn(C)cc1CN(C)C(Cc1ccccc1)C1CCN(C(=O)c2cnccn2)CC1. The number of carbonyl (C=O) groups excluding carboxylic acids is 1. The quantitative estimate of drug-likeness (QED) is 0.574. The highest BCUT2D eigenvalue weighted by Gasteiger charge is 2.31. The molecule has 1 saturated heterocycles. The first-order valence-corrected chi connectivity index (χ1v) is 11.3. The summed E-state index contributed by atoms with van der Waals surface area (Å²) < 4.78 is 1.89. The first-order valence-electron chi connectivity index (χ1n) is 11.3. The molecule has 0 radical (unpaired) electrons. The van der Waals surface area contributed by atoms with Crippen molar-refractivity contribution < 1.29 is 4.79 Å². The molecule has 1 amide bonds. The topological polar surface area (TPSA) is 67.2 Å². The van der Waals surface area contributed by atoms with Crippen LogP contribution in [-0.4, -0.2) is 61.6 Å². The Bertz CT molecular complexity index is 1010. The predicted molar refractivity (Wildman–Crippen MR) is 124 cm³/mol. The fourth-order valence-corrected chi connectivity index (χ4v) is 4.79. The molecule has 3 heterocycles. The lowest BCUT2D eigenvalue weighted by atomic mass is 9.84. The van der Waals surface area contributed by atoms with Gasteiger partial charge in [-0.2, -0.15) is 5.10 Å². The Morgan fingerprint density at radius 3 is 2.56 bits per heavy atom. The van der Waals surface area contributed by atoms with Gasteiger partial charge in [0, 0.05) is 56.9 Å². The second-order valence-electron chi connectivity index (χ2n) is 8.81. The van der Waals surface area contributed by atoms with Crippen molar-refractivity contribution in [3.63, 3.8) is 0 Å². The van der Waals surface area contributed by atoms with E-state index < -0.39 is 0 Å². The van der Waals surface area contributed by atoms with E-state index in [1.165, 1.54) is 11.1 Å². The lowest BCUT2D eigenvalue weighted by Gasteiger charge is -2.40. The second-order valence-corrected chi connectivity index (χ2v) is 8.81. The minimum atomic E-state index is -0.0181. The van der Waals surface area contributed by atoms with Crippen molar-refractivity contribution in [3.8, 4) is 0 Å². The predicted octanol–water partition coefficient (Wildman–Crippen LogP) is 3.11. The Morgan fingerprint density at radius 1 is 1.19 bits per heavy atom. The molecule has 1 unspecified atom stereocenters. The van der Waals surface area contributed by atoms with Crippen LogP contribution in [-0.2, 0) is 20.0 Å². The molecule has 1 fully saturated rings. The second kappa shape index (κ2) is 10.0. The summed E-state index contributed by atoms with van der Waals surface area (Å²) in [4.78, 5) is 25.4. The molecule has 0 saturated carbocycles. The maximum Gasteiger partial charge on any atom is 0.274 e. The van der Waals surface area contributed by atoms with Gasteiger partial charge in [0.2, 0.25) is 0 Å². The van der Waals surface area contributed by atoms with Crippen molar-refractivity contribution >= 4 is 5.91 Å². The van der Waals surface area contributed by atoms with E-state index in [0.29, 0.717) is 17.7 Å². The third-order valence-corrected chi connectivity index (χ3v) is 6.54. The number of hydrogen-bond acceptors (Lipinski definition) is 5. The largest absolute Gasteiger partial charge is 0.337 e. The fourth-order valence-electron chi connectivity index (χ4n) is 4.79. The monoisotopic (exact) mass is 432 g/mol. The van der Waals surface area contributed by atoms with Gasteiger partial charge in [0.1, 0.15) is 5.69 Å². The molecule has 1 atom stereocenters. The number of piperidine rings is 1. The molecule has 0 N–H and O–H groups in total. The number of carbonyl (C=O) groups is 1. The van der Waals surface area contributed by atoms with Crippen LogP contribution in [0.3, 0.4) is 0 Å². The van der Waals surface area contributed by atoms with Crippen molar-refractivity contribution in [2.75, 3.05) is 20.1 Å². The Hall–Kier alpha value is -3.06. The molecule has 4 rings (SSSR count). The number of aryl methyl sites for hydroxylation is 2. The zero-order valence-corrected chi connectivity index (χ0v) is 19.2. The van der Waals surface area contributed by atoms with Gasteiger partial charge in [-0.3, -0.25) is 19.4 Å². The highest BCUT2D eigenvalue weighted by atomic mass is 16.2. The molecule has 1 aliphatic rings. The van der Waals surface area contributed by atoms with Gasteiger partial charge in [-0.1, -0.05) is 30.3 Å². The van der Waals surface area contributed by atoms with Gasteiger partial charge in [-0.15, -0.1) is 0 Å². The average Bonchev–Trinajstić information content (AvgIpc) is 3.14. The summed E-state index contributed by atoms with van der Waals surface area (Å²) >= 11 is 0. The van der Waals surface area contributed by atoms with Crippen LogP contribution < -0.4 is 0 Å². The molecule has 1 aliphatic heterocycles. The van der Waals surface area contributed by atoms with Gasteiger partial charge < -0.3 is 4.90 Å². The van der Waals surface area contributed by atoms with Crippen molar-refractivity contribution in [1.29, 1.82) is 0 Å². The zero-order chi connectivity index (χ0) is 22.5. The summed E-state index contributed by atoms with van der Waals surface area (Å²) in [5.41, 5.74) is 4.13. The summed E-state index contributed by atoms with van der Waals surface area (Å²) in [6.45, 7) is 4.46. The Kier molecular flexibility index (Phi) is 6.95. The molecule has 3 aromatic rings. The lowest BCUT2D eigenvalue weighted by molar-refractivity contribution is 0.0597. The standard InChI is InChI=1S/C25H32N6O/c1-19-22(18-30(3)28-19)17-29(2)24(15-20-7-5-4-6-8-20)21-9-13-31(14-10-21)25(32)23-16-26-11-12-27-23/h4-8,11-12,16,18,21,24H,9-10,13-15,17H2,1-3H3. The lowest BCUT2D eigenvalue weighted by Crippen LogP contribution is -2.46. The molecule has 0 spiro atoms. The third kappa shape index (κ3) is 5.22. The van der Waals surface area contributed by atoms with E-state index in [2.05, 4.69) is 70.5 Å².